The molecule has 1 aliphatic rings. The average molecular weight is 371 g/mol. The fourth-order valence-corrected chi connectivity index (χ4v) is 3.06. The minimum atomic E-state index is -0.00282. The normalized spacial score (nSPS) is 14.7. The Hall–Kier alpha value is -2.83. The fourth-order valence-electron chi connectivity index (χ4n) is 3.06. The first-order chi connectivity index (χ1) is 13.2. The zero-order chi connectivity index (χ0) is 19.1. The van der Waals surface area contributed by atoms with Crippen molar-refractivity contribution in [3.8, 4) is 17.4 Å². The van der Waals surface area contributed by atoms with E-state index in [0.717, 1.165) is 12.8 Å². The average Bonchev–Trinajstić information content (AvgIpc) is 2.70. The van der Waals surface area contributed by atoms with Gasteiger partial charge < -0.3 is 19.1 Å². The maximum atomic E-state index is 12.9. The molecule has 7 heteroatoms. The highest BCUT2D eigenvalue weighted by atomic mass is 16.5. The zero-order valence-corrected chi connectivity index (χ0v) is 15.8. The molecule has 3 rings (SSSR count). The smallest absolute Gasteiger partial charge is 0.253 e. The minimum Gasteiger partial charge on any atom is -0.490 e. The highest BCUT2D eigenvalue weighted by Gasteiger charge is 2.25. The SMILES string of the molecule is CCOc1ccc(C(=O)N2CCC(Oc3cnccn3)CC2)cc1OCC. The Morgan fingerprint density at radius 1 is 1.11 bits per heavy atom. The van der Waals surface area contributed by atoms with E-state index in [2.05, 4.69) is 9.97 Å². The van der Waals surface area contributed by atoms with E-state index in [1.54, 1.807) is 36.8 Å². The fraction of sp³-hybridized carbons (Fsp3) is 0.450. The van der Waals surface area contributed by atoms with Gasteiger partial charge in [-0.2, -0.15) is 0 Å². The molecular formula is C20H25N3O4. The summed E-state index contributed by atoms with van der Waals surface area (Å²) in [7, 11) is 0. The number of ether oxygens (including phenoxy) is 3. The van der Waals surface area contributed by atoms with Crippen LogP contribution in [0, 0.1) is 0 Å². The molecule has 0 atom stereocenters. The largest absolute Gasteiger partial charge is 0.490 e. The second-order valence-electron chi connectivity index (χ2n) is 6.18. The summed E-state index contributed by atoms with van der Waals surface area (Å²) in [5, 5.41) is 0. The number of nitrogens with zero attached hydrogens (tertiary/aromatic N) is 3. The monoisotopic (exact) mass is 371 g/mol. The lowest BCUT2D eigenvalue weighted by molar-refractivity contribution is 0.0586. The van der Waals surface area contributed by atoms with Crippen LogP contribution >= 0.6 is 0 Å². The number of carbonyl (C=O) groups excluding carboxylic acids is 1. The van der Waals surface area contributed by atoms with Gasteiger partial charge in [0, 0.05) is 43.9 Å². The number of aromatic nitrogens is 2. The second kappa shape index (κ2) is 9.21. The number of rotatable bonds is 7. The molecule has 0 bridgehead atoms. The van der Waals surface area contributed by atoms with Crippen molar-refractivity contribution in [1.29, 1.82) is 0 Å². The summed E-state index contributed by atoms with van der Waals surface area (Å²) < 4.78 is 17.0. The van der Waals surface area contributed by atoms with Gasteiger partial charge in [-0.15, -0.1) is 0 Å². The van der Waals surface area contributed by atoms with E-state index in [0.29, 0.717) is 49.2 Å². The number of hydrogen-bond donors (Lipinski definition) is 0. The third kappa shape index (κ3) is 4.87. The summed E-state index contributed by atoms with van der Waals surface area (Å²) in [6, 6.07) is 5.35. The maximum absolute atomic E-state index is 12.9. The first kappa shape index (κ1) is 18.9. The summed E-state index contributed by atoms with van der Waals surface area (Å²) in [4.78, 5) is 22.8. The predicted molar refractivity (Wildman–Crippen MR) is 100 cm³/mol. The molecule has 1 aromatic carbocycles. The van der Waals surface area contributed by atoms with Gasteiger partial charge in [-0.25, -0.2) is 4.98 Å². The van der Waals surface area contributed by atoms with Crippen molar-refractivity contribution < 1.29 is 19.0 Å². The first-order valence-corrected chi connectivity index (χ1v) is 9.32. The van der Waals surface area contributed by atoms with E-state index < -0.39 is 0 Å². The molecule has 2 aromatic rings. The number of amides is 1. The van der Waals surface area contributed by atoms with Crippen LogP contribution in [0.5, 0.6) is 17.4 Å². The van der Waals surface area contributed by atoms with Crippen LogP contribution in [0.3, 0.4) is 0 Å². The van der Waals surface area contributed by atoms with Crippen molar-refractivity contribution in [2.24, 2.45) is 0 Å². The Labute approximate surface area is 159 Å². The zero-order valence-electron chi connectivity index (χ0n) is 15.8. The van der Waals surface area contributed by atoms with Crippen LogP contribution in [0.2, 0.25) is 0 Å². The molecule has 1 aliphatic heterocycles. The lowest BCUT2D eigenvalue weighted by Crippen LogP contribution is -2.41. The minimum absolute atomic E-state index is 0.00282. The summed E-state index contributed by atoms with van der Waals surface area (Å²) in [5.74, 6) is 1.78. The highest BCUT2D eigenvalue weighted by molar-refractivity contribution is 5.95. The van der Waals surface area contributed by atoms with Gasteiger partial charge in [0.1, 0.15) is 6.10 Å². The molecule has 1 saturated heterocycles. The molecule has 0 unspecified atom stereocenters. The van der Waals surface area contributed by atoms with Gasteiger partial charge in [0.05, 0.1) is 19.4 Å². The van der Waals surface area contributed by atoms with Crippen LogP contribution in [0.25, 0.3) is 0 Å². The number of benzene rings is 1. The van der Waals surface area contributed by atoms with Crippen LogP contribution in [0.15, 0.2) is 36.8 Å². The molecule has 0 radical (unpaired) electrons. The number of carbonyl (C=O) groups is 1. The van der Waals surface area contributed by atoms with Crippen LogP contribution < -0.4 is 14.2 Å². The van der Waals surface area contributed by atoms with Crippen LogP contribution in [0.4, 0.5) is 0 Å². The molecule has 7 nitrogen and oxygen atoms in total. The molecule has 0 aliphatic carbocycles. The maximum Gasteiger partial charge on any atom is 0.253 e. The topological polar surface area (TPSA) is 73.8 Å². The Morgan fingerprint density at radius 3 is 2.52 bits per heavy atom. The molecule has 2 heterocycles. The number of piperidine rings is 1. The third-order valence-electron chi connectivity index (χ3n) is 4.35. The molecule has 0 N–H and O–H groups in total. The van der Waals surface area contributed by atoms with E-state index in [1.807, 2.05) is 18.7 Å². The van der Waals surface area contributed by atoms with Gasteiger partial charge >= 0.3 is 0 Å². The van der Waals surface area contributed by atoms with Crippen molar-refractivity contribution in [1.82, 2.24) is 14.9 Å². The lowest BCUT2D eigenvalue weighted by atomic mass is 10.1. The summed E-state index contributed by atoms with van der Waals surface area (Å²) in [6.45, 7) is 6.17. The van der Waals surface area contributed by atoms with E-state index >= 15 is 0 Å². The lowest BCUT2D eigenvalue weighted by Gasteiger charge is -2.32. The Balaban J connectivity index is 1.61. The van der Waals surface area contributed by atoms with Crippen molar-refractivity contribution in [3.63, 3.8) is 0 Å². The van der Waals surface area contributed by atoms with Gasteiger partial charge in [0.25, 0.3) is 5.91 Å². The van der Waals surface area contributed by atoms with E-state index in [1.165, 1.54) is 0 Å². The molecule has 1 fully saturated rings. The quantitative estimate of drug-likeness (QED) is 0.745. The van der Waals surface area contributed by atoms with Crippen LogP contribution in [-0.4, -0.2) is 53.2 Å². The van der Waals surface area contributed by atoms with Crippen molar-refractivity contribution >= 4 is 5.91 Å². The summed E-state index contributed by atoms with van der Waals surface area (Å²) in [6.07, 6.45) is 6.39. The summed E-state index contributed by atoms with van der Waals surface area (Å²) >= 11 is 0. The number of hydrogen-bond acceptors (Lipinski definition) is 6. The highest BCUT2D eigenvalue weighted by Crippen LogP contribution is 2.29. The van der Waals surface area contributed by atoms with Gasteiger partial charge in [-0.3, -0.25) is 9.78 Å². The third-order valence-corrected chi connectivity index (χ3v) is 4.35. The Kier molecular flexibility index (Phi) is 6.46. The second-order valence-corrected chi connectivity index (χ2v) is 6.18. The Morgan fingerprint density at radius 2 is 1.85 bits per heavy atom. The van der Waals surface area contributed by atoms with Crippen LogP contribution in [0.1, 0.15) is 37.0 Å². The van der Waals surface area contributed by atoms with Gasteiger partial charge in [0.15, 0.2) is 11.5 Å². The van der Waals surface area contributed by atoms with Crippen molar-refractivity contribution in [2.45, 2.75) is 32.8 Å². The summed E-state index contributed by atoms with van der Waals surface area (Å²) in [5.41, 5.74) is 0.607. The van der Waals surface area contributed by atoms with Gasteiger partial charge in [-0.1, -0.05) is 0 Å². The Bertz CT molecular complexity index is 746. The van der Waals surface area contributed by atoms with Crippen LogP contribution in [-0.2, 0) is 0 Å². The first-order valence-electron chi connectivity index (χ1n) is 9.32. The van der Waals surface area contributed by atoms with E-state index in [-0.39, 0.29) is 12.0 Å². The number of likely N-dealkylation sites (tertiary alicyclic amines) is 1. The molecule has 144 valence electrons. The molecule has 0 spiro atoms. The molecule has 27 heavy (non-hydrogen) atoms. The molecular weight excluding hydrogens is 346 g/mol. The van der Waals surface area contributed by atoms with Gasteiger partial charge in [-0.05, 0) is 32.0 Å². The van der Waals surface area contributed by atoms with E-state index in [9.17, 15) is 4.79 Å². The molecule has 1 amide bonds. The molecule has 1 aromatic heterocycles. The van der Waals surface area contributed by atoms with Crippen molar-refractivity contribution in [3.05, 3.63) is 42.4 Å². The van der Waals surface area contributed by atoms with Gasteiger partial charge in [0.2, 0.25) is 5.88 Å². The molecule has 0 saturated carbocycles. The predicted octanol–water partition coefficient (Wildman–Crippen LogP) is 2.96. The van der Waals surface area contributed by atoms with Crippen molar-refractivity contribution in [2.75, 3.05) is 26.3 Å². The standard InChI is InChI=1S/C20H25N3O4/c1-3-25-17-6-5-15(13-18(17)26-4-2)20(24)23-11-7-16(8-12-23)27-19-14-21-9-10-22-19/h5-6,9-10,13-14,16H,3-4,7-8,11-12H2,1-2H3. The van der Waals surface area contributed by atoms with E-state index in [4.69, 9.17) is 14.2 Å².